The third-order valence-electron chi connectivity index (χ3n) is 6.34. The lowest BCUT2D eigenvalue weighted by Crippen LogP contribution is -2.54. The summed E-state index contributed by atoms with van der Waals surface area (Å²) in [6.07, 6.45) is 1.34. The van der Waals surface area contributed by atoms with Gasteiger partial charge in [0.05, 0.1) is 17.4 Å². The summed E-state index contributed by atoms with van der Waals surface area (Å²) in [7, 11) is -3.66. The molecule has 32 heavy (non-hydrogen) atoms. The summed E-state index contributed by atoms with van der Waals surface area (Å²) in [5.74, 6) is -0.212. The molecule has 2 heterocycles. The van der Waals surface area contributed by atoms with Crippen molar-refractivity contribution >= 4 is 33.4 Å². The van der Waals surface area contributed by atoms with Crippen molar-refractivity contribution < 1.29 is 18.0 Å². The number of benzene rings is 1. The molecular formula is C22H33ClN4O4S. The maximum Gasteiger partial charge on any atom is 0.243 e. The van der Waals surface area contributed by atoms with Crippen LogP contribution < -0.4 is 0 Å². The van der Waals surface area contributed by atoms with E-state index in [1.807, 2.05) is 23.6 Å². The molecular weight excluding hydrogens is 452 g/mol. The number of hydrogen-bond donors (Lipinski definition) is 0. The van der Waals surface area contributed by atoms with Crippen LogP contribution in [0.1, 0.15) is 26.7 Å². The van der Waals surface area contributed by atoms with Crippen molar-refractivity contribution in [2.75, 3.05) is 58.9 Å². The third kappa shape index (κ3) is 5.81. The molecule has 0 spiro atoms. The summed E-state index contributed by atoms with van der Waals surface area (Å²) in [5.41, 5.74) is 0. The van der Waals surface area contributed by atoms with Crippen molar-refractivity contribution in [1.82, 2.24) is 19.0 Å². The van der Waals surface area contributed by atoms with E-state index in [0.717, 1.165) is 0 Å². The van der Waals surface area contributed by atoms with Gasteiger partial charge in [0.25, 0.3) is 0 Å². The number of likely N-dealkylation sites (N-methyl/N-ethyl adjacent to an activating group) is 1. The molecule has 10 heteroatoms. The Labute approximate surface area is 196 Å². The van der Waals surface area contributed by atoms with Crippen molar-refractivity contribution in [2.45, 2.75) is 31.6 Å². The van der Waals surface area contributed by atoms with Gasteiger partial charge in [0, 0.05) is 57.4 Å². The van der Waals surface area contributed by atoms with E-state index in [-0.39, 0.29) is 29.2 Å². The first kappa shape index (κ1) is 25.0. The molecule has 1 unspecified atom stereocenters. The molecule has 0 saturated carbocycles. The van der Waals surface area contributed by atoms with Crippen LogP contribution in [-0.4, -0.2) is 98.1 Å². The van der Waals surface area contributed by atoms with Gasteiger partial charge in [-0.2, -0.15) is 4.31 Å². The molecule has 2 fully saturated rings. The molecule has 1 aromatic carbocycles. The Bertz CT molecular complexity index is 897. The molecule has 2 amide bonds. The molecule has 3 rings (SSSR count). The monoisotopic (exact) mass is 484 g/mol. The topological polar surface area (TPSA) is 81.2 Å². The van der Waals surface area contributed by atoms with Crippen LogP contribution in [0.3, 0.4) is 0 Å². The number of carbonyl (C=O) groups is 2. The quantitative estimate of drug-likeness (QED) is 0.589. The Morgan fingerprint density at radius 2 is 1.66 bits per heavy atom. The van der Waals surface area contributed by atoms with E-state index >= 15 is 0 Å². The van der Waals surface area contributed by atoms with E-state index in [9.17, 15) is 18.0 Å². The minimum absolute atomic E-state index is 0.00993. The normalized spacial score (nSPS) is 20.8. The van der Waals surface area contributed by atoms with E-state index in [1.54, 1.807) is 12.1 Å². The molecule has 2 aliphatic heterocycles. The number of amides is 2. The summed E-state index contributed by atoms with van der Waals surface area (Å²) < 4.78 is 27.4. The average Bonchev–Trinajstić information content (AvgIpc) is 2.80. The van der Waals surface area contributed by atoms with E-state index in [1.165, 1.54) is 16.4 Å². The number of rotatable bonds is 7. The van der Waals surface area contributed by atoms with Crippen LogP contribution in [0.25, 0.3) is 0 Å². The summed E-state index contributed by atoms with van der Waals surface area (Å²) in [6, 6.07) is 6.13. The first-order valence-electron chi connectivity index (χ1n) is 11.3. The zero-order chi connectivity index (χ0) is 23.3. The first-order chi connectivity index (χ1) is 15.3. The molecule has 2 saturated heterocycles. The van der Waals surface area contributed by atoms with Crippen LogP contribution >= 0.6 is 11.6 Å². The van der Waals surface area contributed by atoms with Gasteiger partial charge in [0.15, 0.2) is 0 Å². The molecule has 2 aliphatic rings. The predicted octanol–water partition coefficient (Wildman–Crippen LogP) is 1.75. The lowest BCUT2D eigenvalue weighted by molar-refractivity contribution is -0.139. The van der Waals surface area contributed by atoms with Gasteiger partial charge in [-0.15, -0.1) is 0 Å². The zero-order valence-electron chi connectivity index (χ0n) is 18.9. The zero-order valence-corrected chi connectivity index (χ0v) is 20.4. The SMILES string of the molecule is CCN(CC)C(=O)CN1CCN(C(=O)C2CCCN(S(=O)(=O)c3ccc(Cl)cc3)C2)CC1. The van der Waals surface area contributed by atoms with Crippen LogP contribution in [0.2, 0.25) is 5.02 Å². The Morgan fingerprint density at radius 3 is 2.25 bits per heavy atom. The van der Waals surface area contributed by atoms with Crippen LogP contribution in [0.4, 0.5) is 0 Å². The van der Waals surface area contributed by atoms with Gasteiger partial charge in [-0.25, -0.2) is 8.42 Å². The van der Waals surface area contributed by atoms with Gasteiger partial charge >= 0.3 is 0 Å². The van der Waals surface area contributed by atoms with Crippen molar-refractivity contribution in [3.05, 3.63) is 29.3 Å². The number of sulfonamides is 1. The number of hydrogen-bond acceptors (Lipinski definition) is 5. The fourth-order valence-corrected chi connectivity index (χ4v) is 6.02. The number of nitrogens with zero attached hydrogens (tertiary/aromatic N) is 4. The van der Waals surface area contributed by atoms with Crippen molar-refractivity contribution in [1.29, 1.82) is 0 Å². The predicted molar refractivity (Wildman–Crippen MR) is 124 cm³/mol. The number of piperazine rings is 1. The fraction of sp³-hybridized carbons (Fsp3) is 0.636. The lowest BCUT2D eigenvalue weighted by atomic mass is 9.98. The summed E-state index contributed by atoms with van der Waals surface area (Å²) in [4.78, 5) is 31.4. The summed E-state index contributed by atoms with van der Waals surface area (Å²) in [6.45, 7) is 8.75. The largest absolute Gasteiger partial charge is 0.342 e. The molecule has 8 nitrogen and oxygen atoms in total. The van der Waals surface area contributed by atoms with Crippen molar-refractivity contribution in [2.24, 2.45) is 5.92 Å². The Balaban J connectivity index is 1.55. The molecule has 1 aromatic rings. The molecule has 0 radical (unpaired) electrons. The van der Waals surface area contributed by atoms with E-state index in [0.29, 0.717) is 70.2 Å². The molecule has 0 aliphatic carbocycles. The maximum atomic E-state index is 13.1. The van der Waals surface area contributed by atoms with Crippen molar-refractivity contribution in [3.8, 4) is 0 Å². The first-order valence-corrected chi connectivity index (χ1v) is 13.1. The van der Waals surface area contributed by atoms with Gasteiger partial charge in [0.1, 0.15) is 0 Å². The van der Waals surface area contributed by atoms with E-state index in [4.69, 9.17) is 11.6 Å². The fourth-order valence-electron chi connectivity index (χ4n) is 4.37. The maximum absolute atomic E-state index is 13.1. The second-order valence-corrected chi connectivity index (χ2v) is 10.7. The highest BCUT2D eigenvalue weighted by atomic mass is 35.5. The van der Waals surface area contributed by atoms with Crippen molar-refractivity contribution in [3.63, 3.8) is 0 Å². The van der Waals surface area contributed by atoms with Gasteiger partial charge in [-0.05, 0) is 51.0 Å². The Kier molecular flexibility index (Phi) is 8.55. The molecule has 178 valence electrons. The summed E-state index contributed by atoms with van der Waals surface area (Å²) in [5, 5.41) is 0.480. The minimum atomic E-state index is -3.66. The minimum Gasteiger partial charge on any atom is -0.342 e. The standard InChI is InChI=1S/C22H33ClN4O4S/c1-3-25(4-2)21(28)17-24-12-14-26(15-13-24)22(29)18-6-5-11-27(16-18)32(30,31)20-9-7-19(23)8-10-20/h7-10,18H,3-6,11-17H2,1-2H3. The Hall–Kier alpha value is -1.68. The van der Waals surface area contributed by atoms with Gasteiger partial charge in [-0.3, -0.25) is 14.5 Å². The highest BCUT2D eigenvalue weighted by molar-refractivity contribution is 7.89. The highest BCUT2D eigenvalue weighted by Gasteiger charge is 2.36. The molecule has 0 N–H and O–H groups in total. The average molecular weight is 485 g/mol. The lowest BCUT2D eigenvalue weighted by Gasteiger charge is -2.38. The van der Waals surface area contributed by atoms with E-state index < -0.39 is 10.0 Å². The van der Waals surface area contributed by atoms with Crippen LogP contribution in [-0.2, 0) is 19.6 Å². The van der Waals surface area contributed by atoms with Crippen LogP contribution in [0.5, 0.6) is 0 Å². The van der Waals surface area contributed by atoms with Gasteiger partial charge in [-0.1, -0.05) is 11.6 Å². The number of carbonyl (C=O) groups excluding carboxylic acids is 2. The number of piperidine rings is 1. The van der Waals surface area contributed by atoms with Crippen LogP contribution in [0.15, 0.2) is 29.2 Å². The molecule has 1 atom stereocenters. The highest BCUT2D eigenvalue weighted by Crippen LogP contribution is 2.26. The second-order valence-electron chi connectivity index (χ2n) is 8.32. The molecule has 0 bridgehead atoms. The van der Waals surface area contributed by atoms with Gasteiger partial charge < -0.3 is 9.80 Å². The van der Waals surface area contributed by atoms with Gasteiger partial charge in [0.2, 0.25) is 21.8 Å². The Morgan fingerprint density at radius 1 is 1.03 bits per heavy atom. The van der Waals surface area contributed by atoms with E-state index in [2.05, 4.69) is 4.90 Å². The smallest absolute Gasteiger partial charge is 0.243 e. The third-order valence-corrected chi connectivity index (χ3v) is 8.48. The second kappa shape index (κ2) is 11.0. The number of halogens is 1. The summed E-state index contributed by atoms with van der Waals surface area (Å²) >= 11 is 5.88. The van der Waals surface area contributed by atoms with Crippen LogP contribution in [0, 0.1) is 5.92 Å². The molecule has 0 aromatic heterocycles.